The summed E-state index contributed by atoms with van der Waals surface area (Å²) in [6.07, 6.45) is 2.61. The van der Waals surface area contributed by atoms with Gasteiger partial charge >= 0.3 is 0 Å². The Morgan fingerprint density at radius 3 is 2.55 bits per heavy atom. The van der Waals surface area contributed by atoms with Crippen molar-refractivity contribution >= 4 is 11.6 Å². The Hall–Kier alpha value is -0.970. The normalized spacial score (nSPS) is 23.9. The second-order valence-electron chi connectivity index (χ2n) is 5.80. The molecule has 1 saturated heterocycles. The number of fused-ring (bicyclic) bond motifs is 1. The van der Waals surface area contributed by atoms with Crippen LogP contribution in [0.4, 0.5) is 0 Å². The van der Waals surface area contributed by atoms with E-state index in [0.717, 1.165) is 48.6 Å². The van der Waals surface area contributed by atoms with E-state index in [1.165, 1.54) is 18.4 Å². The van der Waals surface area contributed by atoms with Crippen molar-refractivity contribution in [2.45, 2.75) is 18.9 Å². The first kappa shape index (κ1) is 12.7. The van der Waals surface area contributed by atoms with Gasteiger partial charge in [-0.3, -0.25) is 4.90 Å². The minimum atomic E-state index is 0.302. The van der Waals surface area contributed by atoms with Gasteiger partial charge in [-0.1, -0.05) is 11.6 Å². The summed E-state index contributed by atoms with van der Waals surface area (Å²) in [5.41, 5.74) is 1.21. The average Bonchev–Trinajstić information content (AvgIpc) is 3.19. The molecule has 1 aromatic carbocycles. The highest BCUT2D eigenvalue weighted by Crippen LogP contribution is 2.49. The molecule has 0 aromatic heterocycles. The van der Waals surface area contributed by atoms with Crippen molar-refractivity contribution in [3.05, 3.63) is 22.7 Å². The molecule has 0 radical (unpaired) electrons. The molecule has 2 aliphatic heterocycles. The van der Waals surface area contributed by atoms with E-state index >= 15 is 0 Å². The predicted molar refractivity (Wildman–Crippen MR) is 77.5 cm³/mol. The van der Waals surface area contributed by atoms with Crippen LogP contribution in [0.2, 0.25) is 5.02 Å². The molecule has 0 bridgehead atoms. The summed E-state index contributed by atoms with van der Waals surface area (Å²) >= 11 is 6.52. The van der Waals surface area contributed by atoms with Gasteiger partial charge in [-0.25, -0.2) is 0 Å². The molecule has 108 valence electrons. The maximum atomic E-state index is 6.52. The molecule has 4 nitrogen and oxygen atoms in total. The first-order chi connectivity index (χ1) is 9.83. The fourth-order valence-corrected chi connectivity index (χ4v) is 3.55. The van der Waals surface area contributed by atoms with Crippen LogP contribution in [-0.4, -0.2) is 37.9 Å². The number of halogens is 1. The molecule has 1 saturated carbocycles. The highest BCUT2D eigenvalue weighted by Gasteiger charge is 2.38. The third-order valence-corrected chi connectivity index (χ3v) is 4.75. The number of ether oxygens (including phenoxy) is 2. The van der Waals surface area contributed by atoms with Crippen LogP contribution >= 0.6 is 11.6 Å². The van der Waals surface area contributed by atoms with E-state index in [9.17, 15) is 0 Å². The van der Waals surface area contributed by atoms with Crippen LogP contribution in [0, 0.1) is 5.92 Å². The van der Waals surface area contributed by atoms with Gasteiger partial charge < -0.3 is 14.8 Å². The van der Waals surface area contributed by atoms with Crippen LogP contribution in [0.5, 0.6) is 11.5 Å². The molecular formula is C15H19ClN2O2. The van der Waals surface area contributed by atoms with Crippen molar-refractivity contribution in [1.82, 2.24) is 10.2 Å². The van der Waals surface area contributed by atoms with Crippen LogP contribution in [0.1, 0.15) is 24.4 Å². The molecule has 1 aromatic rings. The quantitative estimate of drug-likeness (QED) is 0.928. The van der Waals surface area contributed by atoms with Gasteiger partial charge in [0, 0.05) is 43.3 Å². The Bertz CT molecular complexity index is 513. The maximum absolute atomic E-state index is 6.52. The van der Waals surface area contributed by atoms with Crippen LogP contribution in [0.15, 0.2) is 12.1 Å². The van der Waals surface area contributed by atoms with E-state index < -0.39 is 0 Å². The molecule has 2 fully saturated rings. The van der Waals surface area contributed by atoms with Gasteiger partial charge in [0.15, 0.2) is 11.5 Å². The molecule has 4 rings (SSSR count). The number of nitrogens with one attached hydrogen (secondary N) is 1. The van der Waals surface area contributed by atoms with Crippen molar-refractivity contribution in [3.63, 3.8) is 0 Å². The zero-order valence-corrected chi connectivity index (χ0v) is 12.2. The zero-order valence-electron chi connectivity index (χ0n) is 11.4. The van der Waals surface area contributed by atoms with Crippen LogP contribution in [0.25, 0.3) is 0 Å². The lowest BCUT2D eigenvalue weighted by molar-refractivity contribution is 0.155. The molecule has 0 spiro atoms. The Morgan fingerprint density at radius 1 is 1.15 bits per heavy atom. The smallest absolute Gasteiger partial charge is 0.231 e. The minimum Gasteiger partial charge on any atom is -0.454 e. The Balaban J connectivity index is 1.69. The number of hydrogen-bond acceptors (Lipinski definition) is 4. The third-order valence-electron chi connectivity index (χ3n) is 4.42. The molecule has 0 amide bonds. The Kier molecular flexibility index (Phi) is 3.25. The van der Waals surface area contributed by atoms with E-state index in [1.54, 1.807) is 0 Å². The summed E-state index contributed by atoms with van der Waals surface area (Å²) in [4.78, 5) is 2.57. The van der Waals surface area contributed by atoms with E-state index in [0.29, 0.717) is 12.8 Å². The van der Waals surface area contributed by atoms with Crippen molar-refractivity contribution in [2.75, 3.05) is 33.0 Å². The maximum Gasteiger partial charge on any atom is 0.231 e. The molecular weight excluding hydrogens is 276 g/mol. The monoisotopic (exact) mass is 294 g/mol. The number of benzene rings is 1. The second kappa shape index (κ2) is 5.10. The van der Waals surface area contributed by atoms with E-state index in [1.807, 2.05) is 6.07 Å². The van der Waals surface area contributed by atoms with Gasteiger partial charge in [-0.2, -0.15) is 0 Å². The van der Waals surface area contributed by atoms with Gasteiger partial charge in [0.1, 0.15) is 0 Å². The number of piperazine rings is 1. The van der Waals surface area contributed by atoms with Crippen LogP contribution in [-0.2, 0) is 0 Å². The van der Waals surface area contributed by atoms with Crippen LogP contribution in [0.3, 0.4) is 0 Å². The van der Waals surface area contributed by atoms with Gasteiger partial charge in [-0.05, 0) is 30.4 Å². The molecule has 3 aliphatic rings. The van der Waals surface area contributed by atoms with Gasteiger partial charge in [0.05, 0.1) is 0 Å². The SMILES string of the molecule is Clc1cc2c(cc1[C@H](C1CC1)N1CCNCC1)OCO2. The summed E-state index contributed by atoms with van der Waals surface area (Å²) in [7, 11) is 0. The first-order valence-electron chi connectivity index (χ1n) is 7.37. The average molecular weight is 295 g/mol. The van der Waals surface area contributed by atoms with Crippen molar-refractivity contribution in [1.29, 1.82) is 0 Å². The summed E-state index contributed by atoms with van der Waals surface area (Å²) in [6.45, 7) is 4.60. The summed E-state index contributed by atoms with van der Waals surface area (Å²) in [5, 5.41) is 4.23. The number of hydrogen-bond donors (Lipinski definition) is 1. The first-order valence-corrected chi connectivity index (χ1v) is 7.74. The largest absolute Gasteiger partial charge is 0.454 e. The van der Waals surface area contributed by atoms with Gasteiger partial charge in [0.2, 0.25) is 6.79 Å². The standard InChI is InChI=1S/C15H19ClN2O2/c16-12-8-14-13(19-9-20-14)7-11(12)15(10-1-2-10)18-5-3-17-4-6-18/h7-8,10,15,17H,1-6,9H2/t15-/m0/s1. The van der Waals surface area contributed by atoms with Crippen molar-refractivity contribution in [2.24, 2.45) is 5.92 Å². The topological polar surface area (TPSA) is 33.7 Å². The molecule has 1 atom stereocenters. The molecule has 1 aliphatic carbocycles. The Labute approximate surface area is 124 Å². The number of rotatable bonds is 3. The molecule has 20 heavy (non-hydrogen) atoms. The minimum absolute atomic E-state index is 0.302. The van der Waals surface area contributed by atoms with Gasteiger partial charge in [0.25, 0.3) is 0 Å². The summed E-state index contributed by atoms with van der Waals surface area (Å²) < 4.78 is 10.9. The highest BCUT2D eigenvalue weighted by molar-refractivity contribution is 6.31. The van der Waals surface area contributed by atoms with E-state index in [4.69, 9.17) is 21.1 Å². The second-order valence-corrected chi connectivity index (χ2v) is 6.20. The van der Waals surface area contributed by atoms with Crippen LogP contribution < -0.4 is 14.8 Å². The third kappa shape index (κ3) is 2.26. The summed E-state index contributed by atoms with van der Waals surface area (Å²) in [6, 6.07) is 4.44. The highest BCUT2D eigenvalue weighted by atomic mass is 35.5. The molecule has 0 unspecified atom stereocenters. The lowest BCUT2D eigenvalue weighted by atomic mass is 9.99. The molecule has 1 N–H and O–H groups in total. The zero-order chi connectivity index (χ0) is 13.5. The fourth-order valence-electron chi connectivity index (χ4n) is 3.28. The summed E-state index contributed by atoms with van der Waals surface area (Å²) in [5.74, 6) is 2.35. The molecule has 5 heteroatoms. The molecule has 2 heterocycles. The van der Waals surface area contributed by atoms with Gasteiger partial charge in [-0.15, -0.1) is 0 Å². The van der Waals surface area contributed by atoms with Crippen molar-refractivity contribution in [3.8, 4) is 11.5 Å². The lowest BCUT2D eigenvalue weighted by Crippen LogP contribution is -2.45. The van der Waals surface area contributed by atoms with Crippen molar-refractivity contribution < 1.29 is 9.47 Å². The lowest BCUT2D eigenvalue weighted by Gasteiger charge is -2.36. The fraction of sp³-hybridized carbons (Fsp3) is 0.600. The Morgan fingerprint density at radius 2 is 1.85 bits per heavy atom. The predicted octanol–water partition coefficient (Wildman–Crippen LogP) is 2.43. The number of nitrogens with zero attached hydrogens (tertiary/aromatic N) is 1. The van der Waals surface area contributed by atoms with E-state index in [2.05, 4.69) is 16.3 Å². The van der Waals surface area contributed by atoms with E-state index in [-0.39, 0.29) is 0 Å².